The molecule has 8 heteroatoms. The molecule has 190 valence electrons. The molecule has 1 fully saturated rings. The molecule has 0 saturated heterocycles. The van der Waals surface area contributed by atoms with Crippen LogP contribution in [0.3, 0.4) is 0 Å². The zero-order valence-electron chi connectivity index (χ0n) is 20.5. The van der Waals surface area contributed by atoms with E-state index < -0.39 is 10.0 Å². The molecule has 7 nitrogen and oxygen atoms in total. The van der Waals surface area contributed by atoms with Crippen LogP contribution in [0.5, 0.6) is 5.75 Å². The van der Waals surface area contributed by atoms with Gasteiger partial charge in [-0.05, 0) is 48.2 Å². The van der Waals surface area contributed by atoms with Crippen LogP contribution in [0.2, 0.25) is 0 Å². The lowest BCUT2D eigenvalue weighted by Crippen LogP contribution is -2.33. The minimum Gasteiger partial charge on any atom is -0.488 e. The van der Waals surface area contributed by atoms with Gasteiger partial charge in [0.15, 0.2) is 0 Å². The molecule has 0 aliphatic heterocycles. The fourth-order valence-corrected chi connectivity index (χ4v) is 5.96. The molecule has 4 aromatic rings. The zero-order chi connectivity index (χ0) is 25.5. The standard InChI is InChI=1S/C29H30N4O3S/c34-37(35,33-25-10-4-5-11-25)20-23-14-16-24(17-15-23)32-29-18-27(30-21-31-29)26-12-6-7-13-28(26)36-19-22-8-2-1-3-9-22/h1-3,6-9,12-18,21,25,33H,4-5,10-11,19-20H2,(H,30,31,32). The average molecular weight is 515 g/mol. The van der Waals surface area contributed by atoms with Crippen molar-refractivity contribution >= 4 is 21.5 Å². The molecular weight excluding hydrogens is 484 g/mol. The van der Waals surface area contributed by atoms with E-state index in [-0.39, 0.29) is 11.8 Å². The molecule has 0 unspecified atom stereocenters. The summed E-state index contributed by atoms with van der Waals surface area (Å²) >= 11 is 0. The lowest BCUT2D eigenvalue weighted by molar-refractivity contribution is 0.307. The van der Waals surface area contributed by atoms with E-state index in [2.05, 4.69) is 20.0 Å². The summed E-state index contributed by atoms with van der Waals surface area (Å²) in [6.45, 7) is 0.465. The van der Waals surface area contributed by atoms with Crippen molar-refractivity contribution in [3.05, 3.63) is 102 Å². The molecule has 1 aliphatic carbocycles. The van der Waals surface area contributed by atoms with Gasteiger partial charge in [0.2, 0.25) is 10.0 Å². The molecule has 0 bridgehead atoms. The van der Waals surface area contributed by atoms with E-state index in [0.29, 0.717) is 12.4 Å². The van der Waals surface area contributed by atoms with Crippen LogP contribution in [0.1, 0.15) is 36.8 Å². The number of rotatable bonds is 10. The Morgan fingerprint density at radius 1 is 0.838 bits per heavy atom. The van der Waals surface area contributed by atoms with Gasteiger partial charge in [0.05, 0.1) is 11.4 Å². The lowest BCUT2D eigenvalue weighted by atomic mass is 10.1. The van der Waals surface area contributed by atoms with Crippen molar-refractivity contribution < 1.29 is 13.2 Å². The van der Waals surface area contributed by atoms with Gasteiger partial charge in [0, 0.05) is 23.4 Å². The van der Waals surface area contributed by atoms with Crippen LogP contribution in [-0.2, 0) is 22.4 Å². The van der Waals surface area contributed by atoms with Gasteiger partial charge in [-0.1, -0.05) is 67.4 Å². The maximum atomic E-state index is 12.5. The SMILES string of the molecule is O=S(=O)(Cc1ccc(Nc2cc(-c3ccccc3OCc3ccccc3)ncn2)cc1)NC1CCCC1. The Morgan fingerprint density at radius 3 is 2.35 bits per heavy atom. The molecule has 2 N–H and O–H groups in total. The summed E-state index contributed by atoms with van der Waals surface area (Å²) in [6, 6.07) is 27.1. The Morgan fingerprint density at radius 2 is 1.57 bits per heavy atom. The fourth-order valence-electron chi connectivity index (χ4n) is 4.50. The van der Waals surface area contributed by atoms with E-state index in [1.54, 1.807) is 0 Å². The highest BCUT2D eigenvalue weighted by molar-refractivity contribution is 7.88. The smallest absolute Gasteiger partial charge is 0.216 e. The number of hydrogen-bond donors (Lipinski definition) is 2. The molecule has 5 rings (SSSR count). The molecule has 1 aromatic heterocycles. The Hall–Kier alpha value is -3.75. The van der Waals surface area contributed by atoms with Gasteiger partial charge in [-0.3, -0.25) is 0 Å². The first-order chi connectivity index (χ1) is 18.0. The minimum absolute atomic E-state index is 0.0266. The summed E-state index contributed by atoms with van der Waals surface area (Å²) in [5, 5.41) is 3.28. The zero-order valence-corrected chi connectivity index (χ0v) is 21.3. The molecule has 1 saturated carbocycles. The molecule has 1 heterocycles. The highest BCUT2D eigenvalue weighted by atomic mass is 32.2. The summed E-state index contributed by atoms with van der Waals surface area (Å²) in [6.07, 6.45) is 5.54. The van der Waals surface area contributed by atoms with Crippen molar-refractivity contribution in [3.63, 3.8) is 0 Å². The third kappa shape index (κ3) is 6.93. The summed E-state index contributed by atoms with van der Waals surface area (Å²) in [5.74, 6) is 1.35. The topological polar surface area (TPSA) is 93.2 Å². The maximum absolute atomic E-state index is 12.5. The first kappa shape index (κ1) is 24.9. The number of sulfonamides is 1. The van der Waals surface area contributed by atoms with E-state index >= 15 is 0 Å². The quantitative estimate of drug-likeness (QED) is 0.277. The number of hydrogen-bond acceptors (Lipinski definition) is 6. The molecule has 3 aromatic carbocycles. The van der Waals surface area contributed by atoms with Crippen LogP contribution in [-0.4, -0.2) is 24.4 Å². The van der Waals surface area contributed by atoms with Gasteiger partial charge in [-0.25, -0.2) is 23.1 Å². The van der Waals surface area contributed by atoms with Crippen LogP contribution in [0.4, 0.5) is 11.5 Å². The summed E-state index contributed by atoms with van der Waals surface area (Å²) in [4.78, 5) is 8.81. The predicted octanol–water partition coefficient (Wildman–Crippen LogP) is 5.83. The monoisotopic (exact) mass is 514 g/mol. The fraction of sp³-hybridized carbons (Fsp3) is 0.241. The summed E-state index contributed by atoms with van der Waals surface area (Å²) in [5.41, 5.74) is 4.25. The minimum atomic E-state index is -3.36. The normalized spacial score (nSPS) is 13.9. The van der Waals surface area contributed by atoms with Gasteiger partial charge in [-0.15, -0.1) is 0 Å². The van der Waals surface area contributed by atoms with Crippen LogP contribution >= 0.6 is 0 Å². The van der Waals surface area contributed by atoms with E-state index in [4.69, 9.17) is 4.74 Å². The molecule has 37 heavy (non-hydrogen) atoms. The van der Waals surface area contributed by atoms with Crippen molar-refractivity contribution in [2.45, 2.75) is 44.1 Å². The molecular formula is C29H30N4O3S. The van der Waals surface area contributed by atoms with Crippen molar-refractivity contribution in [2.24, 2.45) is 0 Å². The van der Waals surface area contributed by atoms with Crippen LogP contribution in [0.25, 0.3) is 11.3 Å². The van der Waals surface area contributed by atoms with Crippen LogP contribution < -0.4 is 14.8 Å². The number of ether oxygens (including phenoxy) is 1. The maximum Gasteiger partial charge on any atom is 0.216 e. The number of benzene rings is 3. The van der Waals surface area contributed by atoms with Crippen molar-refractivity contribution in [1.29, 1.82) is 0 Å². The molecule has 1 aliphatic rings. The second kappa shape index (κ2) is 11.5. The lowest BCUT2D eigenvalue weighted by Gasteiger charge is -2.13. The van der Waals surface area contributed by atoms with E-state index in [1.165, 1.54) is 6.33 Å². The Bertz CT molecular complexity index is 1420. The first-order valence-corrected chi connectivity index (χ1v) is 14.1. The Balaban J connectivity index is 1.25. The van der Waals surface area contributed by atoms with Gasteiger partial charge in [-0.2, -0.15) is 0 Å². The molecule has 0 spiro atoms. The van der Waals surface area contributed by atoms with E-state index in [9.17, 15) is 8.42 Å². The van der Waals surface area contributed by atoms with Crippen molar-refractivity contribution in [3.8, 4) is 17.0 Å². The number of para-hydroxylation sites is 1. The third-order valence-electron chi connectivity index (χ3n) is 6.35. The van der Waals surface area contributed by atoms with Crippen LogP contribution in [0.15, 0.2) is 91.3 Å². The number of anilines is 2. The van der Waals surface area contributed by atoms with Gasteiger partial charge in [0.25, 0.3) is 0 Å². The number of nitrogens with zero attached hydrogens (tertiary/aromatic N) is 2. The Kier molecular flexibility index (Phi) is 7.77. The average Bonchev–Trinajstić information content (AvgIpc) is 3.42. The van der Waals surface area contributed by atoms with Gasteiger partial charge in [0.1, 0.15) is 24.5 Å². The molecule has 0 amide bonds. The largest absolute Gasteiger partial charge is 0.488 e. The van der Waals surface area contributed by atoms with Gasteiger partial charge >= 0.3 is 0 Å². The second-order valence-electron chi connectivity index (χ2n) is 9.24. The third-order valence-corrected chi connectivity index (χ3v) is 7.76. The second-order valence-corrected chi connectivity index (χ2v) is 11.0. The highest BCUT2D eigenvalue weighted by Crippen LogP contribution is 2.30. The Labute approximate surface area is 218 Å². The predicted molar refractivity (Wildman–Crippen MR) is 146 cm³/mol. The summed E-state index contributed by atoms with van der Waals surface area (Å²) < 4.78 is 33.9. The first-order valence-electron chi connectivity index (χ1n) is 12.5. The van der Waals surface area contributed by atoms with E-state index in [0.717, 1.165) is 59.5 Å². The van der Waals surface area contributed by atoms with Crippen molar-refractivity contribution in [2.75, 3.05) is 5.32 Å². The number of aromatic nitrogens is 2. The molecule has 0 radical (unpaired) electrons. The van der Waals surface area contributed by atoms with E-state index in [1.807, 2.05) is 84.9 Å². The van der Waals surface area contributed by atoms with Crippen molar-refractivity contribution in [1.82, 2.24) is 14.7 Å². The van der Waals surface area contributed by atoms with Gasteiger partial charge < -0.3 is 10.1 Å². The summed E-state index contributed by atoms with van der Waals surface area (Å²) in [7, 11) is -3.36. The molecule has 0 atom stereocenters. The highest BCUT2D eigenvalue weighted by Gasteiger charge is 2.21. The number of nitrogens with one attached hydrogen (secondary N) is 2. The van der Waals surface area contributed by atoms with Crippen LogP contribution in [0, 0.1) is 0 Å².